The monoisotopic (exact) mass is 255 g/mol. The second kappa shape index (κ2) is 5.17. The van der Waals surface area contributed by atoms with Crippen LogP contribution < -0.4 is 29.6 Å². The average Bonchev–Trinajstić information content (AvgIpc) is 2.26. The van der Waals surface area contributed by atoms with Crippen LogP contribution >= 0.6 is 0 Å². The summed E-state index contributed by atoms with van der Waals surface area (Å²) < 4.78 is 33.0. The van der Waals surface area contributed by atoms with Gasteiger partial charge in [-0.2, -0.15) is 5.26 Å². The Labute approximate surface area is 121 Å². The Balaban J connectivity index is 0.00000144. The van der Waals surface area contributed by atoms with Crippen molar-refractivity contribution >= 4 is 20.9 Å². The fourth-order valence-corrected chi connectivity index (χ4v) is 2.27. The molecule has 0 unspecified atom stereocenters. The number of hydrogen-bond acceptors (Lipinski definition) is 4. The van der Waals surface area contributed by atoms with Gasteiger partial charge in [0.2, 0.25) is 0 Å². The average molecular weight is 255 g/mol. The molecule has 0 spiro atoms. The zero-order valence-electron chi connectivity index (χ0n) is 9.04. The molecule has 0 aliphatic heterocycles. The topological polar surface area (TPSA) is 81.0 Å². The third-order valence-electron chi connectivity index (χ3n) is 2.27. The van der Waals surface area contributed by atoms with Crippen LogP contribution in [0.25, 0.3) is 10.8 Å². The van der Waals surface area contributed by atoms with Gasteiger partial charge in [-0.1, -0.05) is 24.3 Å². The van der Waals surface area contributed by atoms with Crippen molar-refractivity contribution in [2.45, 2.75) is 4.90 Å². The molecule has 80 valence electrons. The van der Waals surface area contributed by atoms with Crippen LogP contribution in [0.5, 0.6) is 0 Å². The standard InChI is InChI=1S/C11H7NO3S.Na/c12-7-8-5-6-11(16(13,14)15)10-4-2-1-3-9(8)10;/h1-6H,(H,13,14,15);/q;+1/p-1. The van der Waals surface area contributed by atoms with Crippen molar-refractivity contribution in [3.63, 3.8) is 0 Å². The molecule has 6 heteroatoms. The van der Waals surface area contributed by atoms with Crippen LogP contribution in [0.15, 0.2) is 41.3 Å². The summed E-state index contributed by atoms with van der Waals surface area (Å²) >= 11 is 0. The van der Waals surface area contributed by atoms with E-state index in [2.05, 4.69) is 0 Å². The Kier molecular flexibility index (Phi) is 4.31. The minimum absolute atomic E-state index is 0. The zero-order chi connectivity index (χ0) is 11.8. The van der Waals surface area contributed by atoms with E-state index >= 15 is 0 Å². The zero-order valence-corrected chi connectivity index (χ0v) is 11.9. The van der Waals surface area contributed by atoms with Crippen molar-refractivity contribution in [1.29, 1.82) is 5.26 Å². The quantitative estimate of drug-likeness (QED) is 0.464. The summed E-state index contributed by atoms with van der Waals surface area (Å²) in [6.07, 6.45) is 0. The molecule has 0 saturated carbocycles. The number of fused-ring (bicyclic) bond motifs is 1. The van der Waals surface area contributed by atoms with Gasteiger partial charge in [0, 0.05) is 10.8 Å². The van der Waals surface area contributed by atoms with Gasteiger partial charge in [0.15, 0.2) is 0 Å². The molecule has 2 aromatic carbocycles. The fraction of sp³-hybridized carbons (Fsp3) is 0. The second-order valence-corrected chi connectivity index (χ2v) is 4.57. The van der Waals surface area contributed by atoms with Crippen LogP contribution in [-0.2, 0) is 10.1 Å². The molecule has 0 aliphatic carbocycles. The summed E-state index contributed by atoms with van der Waals surface area (Å²) in [6, 6.07) is 10.9. The van der Waals surface area contributed by atoms with Crippen molar-refractivity contribution < 1.29 is 42.5 Å². The maximum Gasteiger partial charge on any atom is 1.00 e. The van der Waals surface area contributed by atoms with Gasteiger partial charge in [-0.25, -0.2) is 8.42 Å². The van der Waals surface area contributed by atoms with E-state index in [1.165, 1.54) is 18.2 Å². The van der Waals surface area contributed by atoms with E-state index in [1.807, 2.05) is 6.07 Å². The summed E-state index contributed by atoms with van der Waals surface area (Å²) in [5.41, 5.74) is 0.350. The Morgan fingerprint density at radius 1 is 1.06 bits per heavy atom. The molecule has 17 heavy (non-hydrogen) atoms. The molecule has 0 N–H and O–H groups in total. The SMILES string of the molecule is N#Cc1ccc(S(=O)(=O)[O-])c2ccccc12.[Na+]. The Hall–Kier alpha value is -0.900. The van der Waals surface area contributed by atoms with Crippen LogP contribution in [0.2, 0.25) is 0 Å². The predicted molar refractivity (Wildman–Crippen MR) is 56.6 cm³/mol. The fourth-order valence-electron chi connectivity index (χ4n) is 1.59. The molecular formula is C11H6NNaO3S. The third kappa shape index (κ3) is 2.68. The van der Waals surface area contributed by atoms with E-state index in [1.54, 1.807) is 18.2 Å². The van der Waals surface area contributed by atoms with Gasteiger partial charge in [0.1, 0.15) is 10.1 Å². The second-order valence-electron chi connectivity index (χ2n) is 3.22. The van der Waals surface area contributed by atoms with Crippen molar-refractivity contribution in [2.24, 2.45) is 0 Å². The molecule has 0 bridgehead atoms. The molecular weight excluding hydrogens is 249 g/mol. The largest absolute Gasteiger partial charge is 1.00 e. The number of nitrogens with zero attached hydrogens (tertiary/aromatic N) is 1. The summed E-state index contributed by atoms with van der Waals surface area (Å²) in [5.74, 6) is 0. The molecule has 0 aromatic heterocycles. The van der Waals surface area contributed by atoms with Gasteiger partial charge in [-0.3, -0.25) is 0 Å². The van der Waals surface area contributed by atoms with E-state index in [9.17, 15) is 13.0 Å². The van der Waals surface area contributed by atoms with Crippen LogP contribution in [0, 0.1) is 11.3 Å². The van der Waals surface area contributed by atoms with Gasteiger partial charge in [-0.15, -0.1) is 0 Å². The normalized spacial score (nSPS) is 10.6. The van der Waals surface area contributed by atoms with Crippen molar-refractivity contribution in [1.82, 2.24) is 0 Å². The first-order valence-corrected chi connectivity index (χ1v) is 5.82. The van der Waals surface area contributed by atoms with Crippen molar-refractivity contribution in [3.05, 3.63) is 42.0 Å². The molecule has 0 atom stereocenters. The minimum atomic E-state index is -4.51. The molecule has 0 aliphatic rings. The first-order chi connectivity index (χ1) is 7.54. The maximum absolute atomic E-state index is 11.0. The van der Waals surface area contributed by atoms with Crippen LogP contribution in [-0.4, -0.2) is 13.0 Å². The van der Waals surface area contributed by atoms with Crippen molar-refractivity contribution in [2.75, 3.05) is 0 Å². The van der Waals surface area contributed by atoms with Gasteiger partial charge in [0.25, 0.3) is 0 Å². The maximum atomic E-state index is 11.0. The van der Waals surface area contributed by atoms with Gasteiger partial charge in [0.05, 0.1) is 16.5 Å². The molecule has 0 amide bonds. The minimum Gasteiger partial charge on any atom is -0.744 e. The molecule has 0 saturated heterocycles. The van der Waals surface area contributed by atoms with E-state index in [4.69, 9.17) is 5.26 Å². The molecule has 0 radical (unpaired) electrons. The van der Waals surface area contributed by atoms with Crippen LogP contribution in [0.3, 0.4) is 0 Å². The molecule has 2 rings (SSSR count). The first kappa shape index (κ1) is 14.2. The summed E-state index contributed by atoms with van der Waals surface area (Å²) in [4.78, 5) is -0.290. The van der Waals surface area contributed by atoms with Gasteiger partial charge >= 0.3 is 29.6 Å². The molecule has 2 aromatic rings. The van der Waals surface area contributed by atoms with Gasteiger partial charge < -0.3 is 4.55 Å². The van der Waals surface area contributed by atoms with Crippen LogP contribution in [0.4, 0.5) is 0 Å². The Morgan fingerprint density at radius 2 is 1.65 bits per heavy atom. The van der Waals surface area contributed by atoms with E-state index < -0.39 is 10.1 Å². The molecule has 4 nitrogen and oxygen atoms in total. The van der Waals surface area contributed by atoms with Gasteiger partial charge in [-0.05, 0) is 12.1 Å². The predicted octanol–water partition coefficient (Wildman–Crippen LogP) is -1.38. The van der Waals surface area contributed by atoms with Crippen LogP contribution in [0.1, 0.15) is 5.56 Å². The molecule has 0 fully saturated rings. The number of benzene rings is 2. The first-order valence-electron chi connectivity index (χ1n) is 4.42. The summed E-state index contributed by atoms with van der Waals surface area (Å²) in [7, 11) is -4.51. The summed E-state index contributed by atoms with van der Waals surface area (Å²) in [5, 5.41) is 9.61. The smallest absolute Gasteiger partial charge is 0.744 e. The molecule has 0 heterocycles. The third-order valence-corrected chi connectivity index (χ3v) is 3.17. The Morgan fingerprint density at radius 3 is 2.18 bits per heavy atom. The van der Waals surface area contributed by atoms with E-state index in [0.717, 1.165) is 0 Å². The number of nitriles is 1. The number of rotatable bonds is 1. The van der Waals surface area contributed by atoms with E-state index in [0.29, 0.717) is 10.9 Å². The van der Waals surface area contributed by atoms with E-state index in [-0.39, 0.29) is 39.8 Å². The summed E-state index contributed by atoms with van der Waals surface area (Å²) in [6.45, 7) is 0. The number of hydrogen-bond donors (Lipinski definition) is 0. The van der Waals surface area contributed by atoms with Crippen molar-refractivity contribution in [3.8, 4) is 6.07 Å². The Bertz CT molecular complexity index is 704.